The number of benzene rings is 1. The van der Waals surface area contributed by atoms with Gasteiger partial charge in [-0.2, -0.15) is 5.10 Å². The van der Waals surface area contributed by atoms with Gasteiger partial charge in [0, 0.05) is 68.2 Å². The maximum Gasteiger partial charge on any atom is 0.273 e. The molecule has 0 radical (unpaired) electrons. The number of piperazine rings is 1. The summed E-state index contributed by atoms with van der Waals surface area (Å²) in [6.45, 7) is 10.2. The average molecular weight is 371 g/mol. The smallest absolute Gasteiger partial charge is 0.273 e. The van der Waals surface area contributed by atoms with E-state index >= 15 is 0 Å². The van der Waals surface area contributed by atoms with Gasteiger partial charge >= 0.3 is 0 Å². The zero-order valence-electron chi connectivity index (χ0n) is 16.0. The molecule has 1 aliphatic heterocycles. The van der Waals surface area contributed by atoms with Gasteiger partial charge in [0.2, 0.25) is 0 Å². The Kier molecular flexibility index (Phi) is 5.55. The summed E-state index contributed by atoms with van der Waals surface area (Å²) >= 11 is 0. The van der Waals surface area contributed by atoms with E-state index in [4.69, 9.17) is 0 Å². The zero-order chi connectivity index (χ0) is 19.6. The molecule has 1 aromatic carbocycles. The van der Waals surface area contributed by atoms with E-state index in [-0.39, 0.29) is 11.6 Å². The van der Waals surface area contributed by atoms with Crippen molar-refractivity contribution in [3.05, 3.63) is 56.9 Å². The summed E-state index contributed by atoms with van der Waals surface area (Å²) in [6, 6.07) is 4.67. The summed E-state index contributed by atoms with van der Waals surface area (Å²) in [4.78, 5) is 27.6. The van der Waals surface area contributed by atoms with E-state index in [1.54, 1.807) is 24.0 Å². The van der Waals surface area contributed by atoms with E-state index in [0.29, 0.717) is 24.2 Å². The molecule has 27 heavy (non-hydrogen) atoms. The van der Waals surface area contributed by atoms with Crippen LogP contribution in [0.3, 0.4) is 0 Å². The maximum atomic E-state index is 12.8. The minimum atomic E-state index is -0.442. The predicted octanol–water partition coefficient (Wildman–Crippen LogP) is 2.39. The van der Waals surface area contributed by atoms with Crippen molar-refractivity contribution in [2.75, 3.05) is 26.2 Å². The van der Waals surface area contributed by atoms with Crippen LogP contribution < -0.4 is 0 Å². The van der Waals surface area contributed by atoms with Crippen LogP contribution in [-0.2, 0) is 13.1 Å². The molecule has 8 heteroatoms. The topological polar surface area (TPSA) is 84.5 Å². The van der Waals surface area contributed by atoms with Gasteiger partial charge in [0.1, 0.15) is 0 Å². The highest BCUT2D eigenvalue weighted by molar-refractivity contribution is 5.96. The van der Waals surface area contributed by atoms with Gasteiger partial charge < -0.3 is 4.90 Å². The molecule has 0 spiro atoms. The number of nitro benzene ring substituents is 1. The van der Waals surface area contributed by atoms with Crippen molar-refractivity contribution in [1.82, 2.24) is 19.6 Å². The second kappa shape index (κ2) is 7.87. The Labute approximate surface area is 158 Å². The SMILES string of the molecule is CCn1cc(CN2CCN(C(=O)c3cccc([N+](=O)[O-])c3C)CC2)c(C)n1. The summed E-state index contributed by atoms with van der Waals surface area (Å²) in [7, 11) is 0. The van der Waals surface area contributed by atoms with Crippen LogP contribution in [0.15, 0.2) is 24.4 Å². The van der Waals surface area contributed by atoms with Crippen LogP contribution >= 0.6 is 0 Å². The molecule has 1 saturated heterocycles. The molecule has 144 valence electrons. The van der Waals surface area contributed by atoms with Crippen molar-refractivity contribution in [3.8, 4) is 0 Å². The fourth-order valence-corrected chi connectivity index (χ4v) is 3.45. The van der Waals surface area contributed by atoms with Crippen LogP contribution in [0.25, 0.3) is 0 Å². The number of hydrogen-bond acceptors (Lipinski definition) is 5. The fourth-order valence-electron chi connectivity index (χ4n) is 3.45. The van der Waals surface area contributed by atoms with Crippen molar-refractivity contribution < 1.29 is 9.72 Å². The molecule has 0 N–H and O–H groups in total. The van der Waals surface area contributed by atoms with E-state index in [0.717, 1.165) is 31.9 Å². The van der Waals surface area contributed by atoms with Gasteiger partial charge in [0.15, 0.2) is 0 Å². The van der Waals surface area contributed by atoms with Crippen molar-refractivity contribution in [2.24, 2.45) is 0 Å². The van der Waals surface area contributed by atoms with Gasteiger partial charge in [-0.15, -0.1) is 0 Å². The number of carbonyl (C=O) groups is 1. The molecule has 0 aliphatic carbocycles. The molecule has 0 bridgehead atoms. The van der Waals surface area contributed by atoms with E-state index in [1.807, 2.05) is 11.6 Å². The van der Waals surface area contributed by atoms with Crippen LogP contribution in [-0.4, -0.2) is 56.6 Å². The Balaban J connectivity index is 1.63. The lowest BCUT2D eigenvalue weighted by Gasteiger charge is -2.34. The fraction of sp³-hybridized carbons (Fsp3) is 0.474. The molecule has 2 aromatic rings. The molecular formula is C19H25N5O3. The van der Waals surface area contributed by atoms with Crippen LogP contribution in [0.1, 0.15) is 34.1 Å². The number of carbonyl (C=O) groups excluding carboxylic acids is 1. The van der Waals surface area contributed by atoms with Gasteiger partial charge in [-0.1, -0.05) is 6.07 Å². The largest absolute Gasteiger partial charge is 0.336 e. The molecule has 3 rings (SSSR count). The van der Waals surface area contributed by atoms with Gasteiger partial charge in [-0.3, -0.25) is 24.5 Å². The van der Waals surface area contributed by atoms with Crippen molar-refractivity contribution >= 4 is 11.6 Å². The zero-order valence-corrected chi connectivity index (χ0v) is 16.0. The predicted molar refractivity (Wildman–Crippen MR) is 102 cm³/mol. The molecule has 8 nitrogen and oxygen atoms in total. The van der Waals surface area contributed by atoms with Gasteiger partial charge in [-0.25, -0.2) is 0 Å². The molecule has 1 amide bonds. The molecule has 2 heterocycles. The number of amides is 1. The molecule has 0 unspecified atom stereocenters. The monoisotopic (exact) mass is 371 g/mol. The van der Waals surface area contributed by atoms with Crippen molar-refractivity contribution in [2.45, 2.75) is 33.9 Å². The normalized spacial score (nSPS) is 15.1. The van der Waals surface area contributed by atoms with Crippen LogP contribution in [0.5, 0.6) is 0 Å². The highest BCUT2D eigenvalue weighted by Crippen LogP contribution is 2.23. The first-order valence-corrected chi connectivity index (χ1v) is 9.19. The number of hydrogen-bond donors (Lipinski definition) is 0. The van der Waals surface area contributed by atoms with E-state index < -0.39 is 4.92 Å². The number of nitrogens with zero attached hydrogens (tertiary/aromatic N) is 5. The highest BCUT2D eigenvalue weighted by Gasteiger charge is 2.26. The number of aromatic nitrogens is 2. The number of rotatable bonds is 5. The first-order chi connectivity index (χ1) is 12.9. The van der Waals surface area contributed by atoms with Gasteiger partial charge in [0.25, 0.3) is 11.6 Å². The van der Waals surface area contributed by atoms with E-state index in [9.17, 15) is 14.9 Å². The average Bonchev–Trinajstić information content (AvgIpc) is 3.01. The Morgan fingerprint density at radius 1 is 1.22 bits per heavy atom. The third-order valence-electron chi connectivity index (χ3n) is 5.16. The van der Waals surface area contributed by atoms with Crippen LogP contribution in [0.2, 0.25) is 0 Å². The lowest BCUT2D eigenvalue weighted by atomic mass is 10.1. The standard InChI is InChI=1S/C19H25N5O3/c1-4-23-13-16(15(3)20-23)12-21-8-10-22(11-9-21)19(25)17-6-5-7-18(14(17)2)24(26)27/h5-7,13H,4,8-12H2,1-3H3. The Morgan fingerprint density at radius 2 is 1.93 bits per heavy atom. The van der Waals surface area contributed by atoms with Crippen LogP contribution in [0.4, 0.5) is 5.69 Å². The Bertz CT molecular complexity index is 853. The lowest BCUT2D eigenvalue weighted by Crippen LogP contribution is -2.48. The summed E-state index contributed by atoms with van der Waals surface area (Å²) in [6.07, 6.45) is 2.08. The van der Waals surface area contributed by atoms with E-state index in [1.165, 1.54) is 11.6 Å². The molecule has 1 fully saturated rings. The molecular weight excluding hydrogens is 346 g/mol. The number of aryl methyl sites for hydroxylation is 2. The third-order valence-corrected chi connectivity index (χ3v) is 5.16. The maximum absolute atomic E-state index is 12.8. The van der Waals surface area contributed by atoms with E-state index in [2.05, 4.69) is 23.1 Å². The first-order valence-electron chi connectivity index (χ1n) is 9.19. The highest BCUT2D eigenvalue weighted by atomic mass is 16.6. The lowest BCUT2D eigenvalue weighted by molar-refractivity contribution is -0.385. The number of nitro groups is 1. The summed E-state index contributed by atoms with van der Waals surface area (Å²) in [5.74, 6) is -0.133. The Hall–Kier alpha value is -2.74. The van der Waals surface area contributed by atoms with Gasteiger partial charge in [0.05, 0.1) is 10.6 Å². The summed E-state index contributed by atoms with van der Waals surface area (Å²) < 4.78 is 1.94. The minimum absolute atomic E-state index is 0.0112. The third kappa shape index (κ3) is 4.00. The summed E-state index contributed by atoms with van der Waals surface area (Å²) in [5.41, 5.74) is 3.09. The van der Waals surface area contributed by atoms with Crippen LogP contribution in [0, 0.1) is 24.0 Å². The minimum Gasteiger partial charge on any atom is -0.336 e. The first kappa shape index (κ1) is 19.0. The summed E-state index contributed by atoms with van der Waals surface area (Å²) in [5, 5.41) is 15.6. The molecule has 1 aliphatic rings. The second-order valence-corrected chi connectivity index (χ2v) is 6.87. The van der Waals surface area contributed by atoms with Crippen molar-refractivity contribution in [1.29, 1.82) is 0 Å². The van der Waals surface area contributed by atoms with Crippen molar-refractivity contribution in [3.63, 3.8) is 0 Å². The molecule has 0 atom stereocenters. The molecule has 0 saturated carbocycles. The van der Waals surface area contributed by atoms with Gasteiger partial charge in [-0.05, 0) is 26.8 Å². The second-order valence-electron chi connectivity index (χ2n) is 6.87. The quantitative estimate of drug-likeness (QED) is 0.595. The molecule has 1 aromatic heterocycles. The Morgan fingerprint density at radius 3 is 2.52 bits per heavy atom.